The van der Waals surface area contributed by atoms with Crippen molar-refractivity contribution in [2.75, 3.05) is 6.54 Å². The highest BCUT2D eigenvalue weighted by molar-refractivity contribution is 7.17. The minimum absolute atomic E-state index is 0.258. The molecule has 1 aromatic carbocycles. The van der Waals surface area contributed by atoms with Gasteiger partial charge < -0.3 is 14.3 Å². The molecule has 27 heavy (non-hydrogen) atoms. The van der Waals surface area contributed by atoms with Crippen LogP contribution in [0.4, 0.5) is 4.39 Å². The number of fused-ring (bicyclic) bond motifs is 2. The van der Waals surface area contributed by atoms with E-state index in [1.165, 1.54) is 12.3 Å². The number of furan rings is 1. The number of hydrogen-bond donors (Lipinski definition) is 1. The predicted octanol–water partition coefficient (Wildman–Crippen LogP) is 4.19. The van der Waals surface area contributed by atoms with Crippen LogP contribution in [0.5, 0.6) is 0 Å². The second kappa shape index (κ2) is 6.17. The first kappa shape index (κ1) is 16.5. The van der Waals surface area contributed by atoms with Crippen LogP contribution in [0.15, 0.2) is 41.2 Å². The van der Waals surface area contributed by atoms with E-state index in [1.54, 1.807) is 29.4 Å². The van der Waals surface area contributed by atoms with Crippen molar-refractivity contribution in [1.29, 1.82) is 0 Å². The highest BCUT2D eigenvalue weighted by Crippen LogP contribution is 2.38. The number of nitrogens with one attached hydrogen (secondary N) is 1. The minimum Gasteiger partial charge on any atom is -0.458 e. The van der Waals surface area contributed by atoms with Crippen molar-refractivity contribution in [2.45, 2.75) is 12.5 Å². The molecule has 4 heterocycles. The summed E-state index contributed by atoms with van der Waals surface area (Å²) in [6.45, 7) is 0.454. The lowest BCUT2D eigenvalue weighted by Crippen LogP contribution is -2.40. The predicted molar refractivity (Wildman–Crippen MR) is 98.5 cm³/mol. The van der Waals surface area contributed by atoms with E-state index in [9.17, 15) is 9.18 Å². The fraction of sp³-hybridized carbons (Fsp3) is 0.167. The lowest BCUT2D eigenvalue weighted by molar-refractivity contribution is 0.0672. The van der Waals surface area contributed by atoms with Crippen molar-refractivity contribution in [2.24, 2.45) is 0 Å². The largest absolute Gasteiger partial charge is 0.458 e. The maximum absolute atomic E-state index is 14.1. The summed E-state index contributed by atoms with van der Waals surface area (Å²) in [5.41, 5.74) is 2.05. The number of rotatable bonds is 2. The average Bonchev–Trinajstić information content (AvgIpc) is 3.39. The summed E-state index contributed by atoms with van der Waals surface area (Å²) in [5, 5.41) is 0.672. The van der Waals surface area contributed by atoms with Gasteiger partial charge in [0.15, 0.2) is 5.01 Å². The van der Waals surface area contributed by atoms with Crippen LogP contribution in [0.25, 0.3) is 11.0 Å². The van der Waals surface area contributed by atoms with Crippen molar-refractivity contribution in [3.63, 3.8) is 0 Å². The molecule has 0 saturated carbocycles. The molecule has 3 aromatic heterocycles. The Labute approximate surface area is 161 Å². The molecular weight excluding hydrogens is 391 g/mol. The van der Waals surface area contributed by atoms with Gasteiger partial charge in [0.1, 0.15) is 27.5 Å². The first-order valence-corrected chi connectivity index (χ1v) is 9.43. The number of carbonyl (C=O) groups excluding carboxylic acids is 1. The molecule has 1 aliphatic heterocycles. The van der Waals surface area contributed by atoms with Crippen molar-refractivity contribution in [3.05, 3.63) is 69.1 Å². The van der Waals surface area contributed by atoms with Crippen LogP contribution >= 0.6 is 22.9 Å². The van der Waals surface area contributed by atoms with Gasteiger partial charge in [0.2, 0.25) is 0 Å². The maximum atomic E-state index is 14.1. The summed E-state index contributed by atoms with van der Waals surface area (Å²) < 4.78 is 20.5. The van der Waals surface area contributed by atoms with Gasteiger partial charge in [-0.2, -0.15) is 0 Å². The molecule has 1 atom stereocenters. The van der Waals surface area contributed by atoms with Gasteiger partial charge in [0.05, 0.1) is 23.6 Å². The molecule has 5 rings (SSSR count). The Bertz CT molecular complexity index is 1170. The summed E-state index contributed by atoms with van der Waals surface area (Å²) >= 11 is 7.06. The van der Waals surface area contributed by atoms with Crippen LogP contribution in [-0.4, -0.2) is 32.3 Å². The third-order valence-corrected chi connectivity index (χ3v) is 5.75. The van der Waals surface area contributed by atoms with Gasteiger partial charge in [-0.25, -0.2) is 14.4 Å². The van der Waals surface area contributed by atoms with E-state index < -0.39 is 6.04 Å². The van der Waals surface area contributed by atoms with E-state index in [0.717, 1.165) is 17.0 Å². The Morgan fingerprint density at radius 1 is 1.41 bits per heavy atom. The quantitative estimate of drug-likeness (QED) is 0.545. The van der Waals surface area contributed by atoms with Crippen molar-refractivity contribution >= 4 is 39.8 Å². The first-order valence-electron chi connectivity index (χ1n) is 8.24. The second-order valence-electron chi connectivity index (χ2n) is 6.19. The Kier molecular flexibility index (Phi) is 3.76. The van der Waals surface area contributed by atoms with E-state index in [1.807, 2.05) is 0 Å². The van der Waals surface area contributed by atoms with E-state index in [2.05, 4.69) is 15.0 Å². The molecular formula is C18H12ClFN4O2S. The molecule has 1 N–H and O–H groups in total. The lowest BCUT2D eigenvalue weighted by Gasteiger charge is -2.33. The molecule has 0 saturated heterocycles. The molecule has 0 radical (unpaired) electrons. The average molecular weight is 403 g/mol. The number of nitrogens with zero attached hydrogens (tertiary/aromatic N) is 3. The number of halogens is 2. The third kappa shape index (κ3) is 2.64. The second-order valence-corrected chi connectivity index (χ2v) is 7.85. The fourth-order valence-corrected chi connectivity index (χ4v) is 4.31. The number of amides is 1. The zero-order valence-electron chi connectivity index (χ0n) is 13.8. The topological polar surface area (TPSA) is 75.0 Å². The Morgan fingerprint density at radius 3 is 3.07 bits per heavy atom. The number of carbonyl (C=O) groups is 1. The SMILES string of the molecule is O=C(c1ncc(Cl)s1)N1CCc2[nH]cnc2[C@H]1c1cc2c(F)cccc2o1. The smallest absolute Gasteiger partial charge is 0.283 e. The highest BCUT2D eigenvalue weighted by Gasteiger charge is 2.37. The molecule has 0 spiro atoms. The van der Waals surface area contributed by atoms with Crippen molar-refractivity contribution in [3.8, 4) is 0 Å². The summed E-state index contributed by atoms with van der Waals surface area (Å²) in [4.78, 5) is 26.3. The van der Waals surface area contributed by atoms with Crippen LogP contribution in [0.3, 0.4) is 0 Å². The Balaban J connectivity index is 1.64. The van der Waals surface area contributed by atoms with Gasteiger partial charge in [0.25, 0.3) is 5.91 Å². The number of aromatic nitrogens is 3. The molecule has 9 heteroatoms. The summed E-state index contributed by atoms with van der Waals surface area (Å²) in [5.74, 6) is -0.171. The van der Waals surface area contributed by atoms with Crippen molar-refractivity contribution in [1.82, 2.24) is 19.9 Å². The molecule has 1 aliphatic rings. The standard InChI is InChI=1S/C18H12ClFN4O2S/c19-14-7-21-17(27-14)18(25)24-5-4-11-15(23-8-22-11)16(24)13-6-9-10(20)2-1-3-12(9)26-13/h1-3,6-8,16H,4-5H2,(H,22,23)/t16-/m1/s1. The zero-order chi connectivity index (χ0) is 18.5. The van der Waals surface area contributed by atoms with E-state index in [4.69, 9.17) is 16.0 Å². The number of thiazole rings is 1. The van der Waals surface area contributed by atoms with E-state index in [-0.39, 0.29) is 11.7 Å². The molecule has 136 valence electrons. The summed E-state index contributed by atoms with van der Waals surface area (Å²) in [6.07, 6.45) is 3.68. The van der Waals surface area contributed by atoms with Crippen LogP contribution < -0.4 is 0 Å². The first-order chi connectivity index (χ1) is 13.1. The number of benzene rings is 1. The number of H-pyrrole nitrogens is 1. The van der Waals surface area contributed by atoms with Gasteiger partial charge in [-0.1, -0.05) is 29.0 Å². The number of imidazole rings is 1. The highest BCUT2D eigenvalue weighted by atomic mass is 35.5. The van der Waals surface area contributed by atoms with Gasteiger partial charge in [-0.05, 0) is 18.2 Å². The zero-order valence-corrected chi connectivity index (χ0v) is 15.4. The number of hydrogen-bond acceptors (Lipinski definition) is 5. The molecule has 4 aromatic rings. The molecule has 6 nitrogen and oxygen atoms in total. The van der Waals surface area contributed by atoms with E-state index in [0.29, 0.717) is 44.7 Å². The molecule has 0 aliphatic carbocycles. The Morgan fingerprint density at radius 2 is 2.30 bits per heavy atom. The fourth-order valence-electron chi connectivity index (χ4n) is 3.44. The Hall–Kier alpha value is -2.71. The molecule has 0 bridgehead atoms. The van der Waals surface area contributed by atoms with Gasteiger partial charge >= 0.3 is 0 Å². The van der Waals surface area contributed by atoms with Gasteiger partial charge in [-0.3, -0.25) is 4.79 Å². The van der Waals surface area contributed by atoms with Crippen LogP contribution in [-0.2, 0) is 6.42 Å². The van der Waals surface area contributed by atoms with Gasteiger partial charge in [0, 0.05) is 18.7 Å². The van der Waals surface area contributed by atoms with Crippen LogP contribution in [0.1, 0.15) is 33.0 Å². The van der Waals surface area contributed by atoms with Crippen molar-refractivity contribution < 1.29 is 13.6 Å². The lowest BCUT2D eigenvalue weighted by atomic mass is 10.00. The summed E-state index contributed by atoms with van der Waals surface area (Å²) in [7, 11) is 0. The molecule has 1 amide bonds. The monoisotopic (exact) mass is 402 g/mol. The van der Waals surface area contributed by atoms with Crippen LogP contribution in [0, 0.1) is 5.82 Å². The van der Waals surface area contributed by atoms with E-state index >= 15 is 0 Å². The van der Waals surface area contributed by atoms with Gasteiger partial charge in [-0.15, -0.1) is 0 Å². The summed E-state index contributed by atoms with van der Waals surface area (Å²) in [6, 6.07) is 5.73. The minimum atomic E-state index is -0.568. The normalized spacial score (nSPS) is 16.7. The molecule has 0 unspecified atom stereocenters. The maximum Gasteiger partial charge on any atom is 0.283 e. The number of aromatic amines is 1. The van der Waals surface area contributed by atoms with Crippen LogP contribution in [0.2, 0.25) is 4.34 Å². The third-order valence-electron chi connectivity index (χ3n) is 4.64. The molecule has 0 fully saturated rings.